The third-order valence-electron chi connectivity index (χ3n) is 3.80. The molecule has 0 atom stereocenters. The van der Waals surface area contributed by atoms with Crippen LogP contribution in [-0.4, -0.2) is 29.7 Å². The van der Waals surface area contributed by atoms with Gasteiger partial charge in [0.15, 0.2) is 0 Å². The summed E-state index contributed by atoms with van der Waals surface area (Å²) >= 11 is 0. The molecule has 0 fully saturated rings. The SMILES string of the molecule is CN(Cc1ccc(-c2ccnc3[nH]c(=O)ccc23)c(F)c1)S(N)(=O)=O. The fourth-order valence-electron chi connectivity index (χ4n) is 2.52. The summed E-state index contributed by atoms with van der Waals surface area (Å²) in [6, 6.07) is 9.02. The molecule has 0 bridgehead atoms. The van der Waals surface area contributed by atoms with Gasteiger partial charge in [0.1, 0.15) is 11.5 Å². The predicted molar refractivity (Wildman–Crippen MR) is 92.3 cm³/mol. The summed E-state index contributed by atoms with van der Waals surface area (Å²) in [5.74, 6) is -0.515. The Hall–Kier alpha value is -2.62. The minimum absolute atomic E-state index is 0.0412. The number of H-pyrrole nitrogens is 1. The summed E-state index contributed by atoms with van der Waals surface area (Å²) in [6.45, 7) is -0.0412. The van der Waals surface area contributed by atoms with Gasteiger partial charge in [-0.1, -0.05) is 12.1 Å². The van der Waals surface area contributed by atoms with Gasteiger partial charge in [0, 0.05) is 36.8 Å². The van der Waals surface area contributed by atoms with Crippen molar-refractivity contribution in [2.45, 2.75) is 6.54 Å². The van der Waals surface area contributed by atoms with Gasteiger partial charge in [-0.25, -0.2) is 14.5 Å². The first kappa shape index (κ1) is 17.2. The van der Waals surface area contributed by atoms with E-state index in [0.717, 1.165) is 4.31 Å². The average Bonchev–Trinajstić information content (AvgIpc) is 2.53. The van der Waals surface area contributed by atoms with Crippen molar-refractivity contribution in [1.29, 1.82) is 0 Å². The number of rotatable bonds is 4. The van der Waals surface area contributed by atoms with Gasteiger partial charge in [-0.2, -0.15) is 12.7 Å². The van der Waals surface area contributed by atoms with Crippen molar-refractivity contribution in [2.75, 3.05) is 7.05 Å². The molecule has 0 amide bonds. The van der Waals surface area contributed by atoms with Crippen LogP contribution in [0.1, 0.15) is 5.56 Å². The van der Waals surface area contributed by atoms with Crippen molar-refractivity contribution >= 4 is 21.2 Å². The zero-order chi connectivity index (χ0) is 18.2. The fraction of sp³-hybridized carbons (Fsp3) is 0.125. The molecular weight excluding hydrogens is 347 g/mol. The van der Waals surface area contributed by atoms with Crippen LogP contribution < -0.4 is 10.7 Å². The Kier molecular flexibility index (Phi) is 4.38. The molecule has 0 unspecified atom stereocenters. The topological polar surface area (TPSA) is 109 Å². The lowest BCUT2D eigenvalue weighted by molar-refractivity contribution is 0.466. The highest BCUT2D eigenvalue weighted by atomic mass is 32.2. The molecule has 9 heteroatoms. The van der Waals surface area contributed by atoms with E-state index in [9.17, 15) is 17.6 Å². The normalized spacial score (nSPS) is 12.0. The van der Waals surface area contributed by atoms with Crippen LogP contribution in [0, 0.1) is 5.82 Å². The molecule has 0 radical (unpaired) electrons. The van der Waals surface area contributed by atoms with E-state index in [0.29, 0.717) is 27.7 Å². The van der Waals surface area contributed by atoms with Gasteiger partial charge in [-0.15, -0.1) is 0 Å². The van der Waals surface area contributed by atoms with Gasteiger partial charge < -0.3 is 4.98 Å². The van der Waals surface area contributed by atoms with E-state index < -0.39 is 16.0 Å². The average molecular weight is 362 g/mol. The van der Waals surface area contributed by atoms with E-state index in [1.807, 2.05) is 0 Å². The van der Waals surface area contributed by atoms with Crippen molar-refractivity contribution in [3.05, 3.63) is 64.3 Å². The highest BCUT2D eigenvalue weighted by Crippen LogP contribution is 2.29. The Balaban J connectivity index is 2.04. The number of hydrogen-bond acceptors (Lipinski definition) is 4. The standard InChI is InChI=1S/C16H15FN4O3S/c1-21(25(18,23)24)9-10-2-3-12(14(17)8-10)11-6-7-19-16-13(11)4-5-15(22)20-16/h2-8H,9H2,1H3,(H2,18,23,24)(H,19,20,22). The number of nitrogens with zero attached hydrogens (tertiary/aromatic N) is 2. The molecule has 130 valence electrons. The molecular formula is C16H15FN4O3S. The van der Waals surface area contributed by atoms with E-state index in [2.05, 4.69) is 9.97 Å². The van der Waals surface area contributed by atoms with Crippen molar-refractivity contribution in [1.82, 2.24) is 14.3 Å². The van der Waals surface area contributed by atoms with Crippen molar-refractivity contribution in [3.63, 3.8) is 0 Å². The van der Waals surface area contributed by atoms with Crippen LogP contribution in [0.4, 0.5) is 4.39 Å². The highest BCUT2D eigenvalue weighted by molar-refractivity contribution is 7.86. The molecule has 3 rings (SSSR count). The molecule has 3 aromatic rings. The largest absolute Gasteiger partial charge is 0.307 e. The molecule has 0 aliphatic rings. The van der Waals surface area contributed by atoms with Gasteiger partial charge >= 0.3 is 0 Å². The zero-order valence-corrected chi connectivity index (χ0v) is 14.0. The Labute approximate surface area is 143 Å². The summed E-state index contributed by atoms with van der Waals surface area (Å²) in [4.78, 5) is 18.1. The first-order valence-corrected chi connectivity index (χ1v) is 8.77. The van der Waals surface area contributed by atoms with Crippen molar-refractivity contribution in [2.24, 2.45) is 5.14 Å². The van der Waals surface area contributed by atoms with Crippen LogP contribution in [-0.2, 0) is 16.8 Å². The minimum Gasteiger partial charge on any atom is -0.307 e. The number of aromatic amines is 1. The summed E-state index contributed by atoms with van der Waals surface area (Å²) in [5, 5.41) is 5.64. The third-order valence-corrected chi connectivity index (χ3v) is 4.79. The number of nitrogens with two attached hydrogens (primary N) is 1. The lowest BCUT2D eigenvalue weighted by Gasteiger charge is -2.14. The first-order chi connectivity index (χ1) is 11.8. The van der Waals surface area contributed by atoms with Crippen LogP contribution >= 0.6 is 0 Å². The number of aromatic nitrogens is 2. The van der Waals surface area contributed by atoms with E-state index in [-0.39, 0.29) is 12.1 Å². The smallest absolute Gasteiger partial charge is 0.276 e. The predicted octanol–water partition coefficient (Wildman–Crippen LogP) is 1.36. The first-order valence-electron chi connectivity index (χ1n) is 7.26. The third kappa shape index (κ3) is 3.58. The number of hydrogen-bond donors (Lipinski definition) is 2. The summed E-state index contributed by atoms with van der Waals surface area (Å²) in [5.41, 5.74) is 1.43. The molecule has 2 aromatic heterocycles. The maximum Gasteiger partial charge on any atom is 0.276 e. The van der Waals surface area contributed by atoms with Crippen LogP contribution in [0.25, 0.3) is 22.2 Å². The Morgan fingerprint density at radius 3 is 2.64 bits per heavy atom. The van der Waals surface area contributed by atoms with E-state index in [4.69, 9.17) is 5.14 Å². The second-order valence-electron chi connectivity index (χ2n) is 5.56. The molecule has 0 aliphatic carbocycles. The molecule has 1 aromatic carbocycles. The van der Waals surface area contributed by atoms with Crippen LogP contribution in [0.3, 0.4) is 0 Å². The molecule has 0 saturated carbocycles. The Morgan fingerprint density at radius 1 is 1.20 bits per heavy atom. The number of pyridine rings is 2. The van der Waals surface area contributed by atoms with Crippen LogP contribution in [0.15, 0.2) is 47.4 Å². The lowest BCUT2D eigenvalue weighted by atomic mass is 10.0. The molecule has 0 aliphatic heterocycles. The fourth-order valence-corrected chi connectivity index (χ4v) is 2.85. The molecule has 0 spiro atoms. The second-order valence-corrected chi connectivity index (χ2v) is 7.21. The van der Waals surface area contributed by atoms with E-state index in [1.165, 1.54) is 25.4 Å². The van der Waals surface area contributed by atoms with Gasteiger partial charge in [0.25, 0.3) is 10.2 Å². The maximum atomic E-state index is 14.6. The van der Waals surface area contributed by atoms with Gasteiger partial charge in [-0.05, 0) is 29.3 Å². The van der Waals surface area contributed by atoms with Gasteiger partial charge in [0.05, 0.1) is 0 Å². The number of benzene rings is 1. The molecule has 0 saturated heterocycles. The molecule has 25 heavy (non-hydrogen) atoms. The summed E-state index contributed by atoms with van der Waals surface area (Å²) in [7, 11) is -2.53. The lowest BCUT2D eigenvalue weighted by Crippen LogP contribution is -2.32. The van der Waals surface area contributed by atoms with Crippen LogP contribution in [0.5, 0.6) is 0 Å². The Bertz CT molecular complexity index is 1110. The van der Waals surface area contributed by atoms with Crippen molar-refractivity contribution < 1.29 is 12.8 Å². The number of nitrogens with one attached hydrogen (secondary N) is 1. The monoisotopic (exact) mass is 362 g/mol. The number of fused-ring (bicyclic) bond motifs is 1. The molecule has 7 nitrogen and oxygen atoms in total. The highest BCUT2D eigenvalue weighted by Gasteiger charge is 2.15. The Morgan fingerprint density at radius 2 is 1.96 bits per heavy atom. The second kappa shape index (κ2) is 6.36. The van der Waals surface area contributed by atoms with Gasteiger partial charge in [-0.3, -0.25) is 4.79 Å². The van der Waals surface area contributed by atoms with Gasteiger partial charge in [0.2, 0.25) is 5.56 Å². The number of halogens is 1. The minimum atomic E-state index is -3.84. The van der Waals surface area contributed by atoms with Crippen molar-refractivity contribution in [3.8, 4) is 11.1 Å². The van der Waals surface area contributed by atoms with E-state index >= 15 is 0 Å². The summed E-state index contributed by atoms with van der Waals surface area (Å²) in [6.07, 6.45) is 1.48. The molecule has 3 N–H and O–H groups in total. The maximum absolute atomic E-state index is 14.6. The zero-order valence-electron chi connectivity index (χ0n) is 13.2. The molecule has 2 heterocycles. The quantitative estimate of drug-likeness (QED) is 0.730. The summed E-state index contributed by atoms with van der Waals surface area (Å²) < 4.78 is 38.0. The van der Waals surface area contributed by atoms with E-state index in [1.54, 1.807) is 24.3 Å². The van der Waals surface area contributed by atoms with Crippen LogP contribution in [0.2, 0.25) is 0 Å².